The average molecular weight is 138 g/mol. The average Bonchev–Trinajstić information content (AvgIpc) is 1.38. The van der Waals surface area contributed by atoms with Crippen molar-refractivity contribution in [2.75, 3.05) is 6.54 Å². The van der Waals surface area contributed by atoms with E-state index in [1.807, 2.05) is 6.92 Å². The molecule has 2 nitrogen and oxygen atoms in total. The van der Waals surface area contributed by atoms with E-state index in [4.69, 9.17) is 11.5 Å². The molecule has 0 fully saturated rings. The summed E-state index contributed by atoms with van der Waals surface area (Å²) in [4.78, 5) is 0. The third-order valence-electron chi connectivity index (χ3n) is 0.372. The van der Waals surface area contributed by atoms with Crippen LogP contribution in [0.2, 0.25) is 0 Å². The molecule has 0 amide bonds. The van der Waals surface area contributed by atoms with Gasteiger partial charge < -0.3 is 11.5 Å². The first-order valence-electron chi connectivity index (χ1n) is 1.73. The van der Waals surface area contributed by atoms with Crippen molar-refractivity contribution in [2.45, 2.75) is 13.0 Å². The van der Waals surface area contributed by atoms with Gasteiger partial charge >= 0.3 is 17.1 Å². The maximum Gasteiger partial charge on any atom is 2.00 e. The van der Waals surface area contributed by atoms with Gasteiger partial charge in [-0.3, -0.25) is 0 Å². The van der Waals surface area contributed by atoms with Gasteiger partial charge in [-0.25, -0.2) is 0 Å². The second kappa shape index (κ2) is 5.44. The Morgan fingerprint density at radius 3 is 1.83 bits per heavy atom. The van der Waals surface area contributed by atoms with E-state index in [1.54, 1.807) is 0 Å². The Kier molecular flexibility index (Phi) is 8.76. The molecule has 0 rings (SSSR count). The Balaban J connectivity index is 0. The van der Waals surface area contributed by atoms with Crippen LogP contribution in [0, 0.1) is 0 Å². The maximum absolute atomic E-state index is 5.17. The van der Waals surface area contributed by atoms with Crippen molar-refractivity contribution < 1.29 is 17.1 Å². The Morgan fingerprint density at radius 2 is 1.83 bits per heavy atom. The molecular weight excluding hydrogens is 128 g/mol. The van der Waals surface area contributed by atoms with E-state index in [2.05, 4.69) is 0 Å². The Bertz CT molecular complexity index is 22.8. The molecule has 3 heteroatoms. The third-order valence-corrected chi connectivity index (χ3v) is 0.372. The fourth-order valence-corrected chi connectivity index (χ4v) is 0. The Morgan fingerprint density at radius 1 is 1.67 bits per heavy atom. The second-order valence-electron chi connectivity index (χ2n) is 1.21. The third kappa shape index (κ3) is 8.83. The summed E-state index contributed by atoms with van der Waals surface area (Å²) in [5.74, 6) is 0. The molecule has 0 aliphatic rings. The molecular formula is C3H10CuN2+2. The smallest absolute Gasteiger partial charge is 0.329 e. The molecule has 0 aliphatic carbocycles. The van der Waals surface area contributed by atoms with Gasteiger partial charge in [0, 0.05) is 12.6 Å². The van der Waals surface area contributed by atoms with Gasteiger partial charge in [0.2, 0.25) is 0 Å². The summed E-state index contributed by atoms with van der Waals surface area (Å²) < 4.78 is 0. The fraction of sp³-hybridized carbons (Fsp3) is 1.00. The molecule has 0 saturated carbocycles. The van der Waals surface area contributed by atoms with Crippen LogP contribution in [-0.2, 0) is 17.1 Å². The summed E-state index contributed by atoms with van der Waals surface area (Å²) >= 11 is 0. The summed E-state index contributed by atoms with van der Waals surface area (Å²) in [6.07, 6.45) is 0. The first kappa shape index (κ1) is 9.67. The Hall–Kier alpha value is 0.439. The molecule has 0 aromatic heterocycles. The zero-order valence-electron chi connectivity index (χ0n) is 3.74. The molecule has 0 aliphatic heterocycles. The van der Waals surface area contributed by atoms with Crippen LogP contribution in [0.1, 0.15) is 6.92 Å². The van der Waals surface area contributed by atoms with Crippen molar-refractivity contribution in [3.63, 3.8) is 0 Å². The van der Waals surface area contributed by atoms with Gasteiger partial charge in [0.1, 0.15) is 0 Å². The van der Waals surface area contributed by atoms with Gasteiger partial charge in [-0.05, 0) is 6.92 Å². The number of nitrogens with two attached hydrogens (primary N) is 2. The normalized spacial score (nSPS) is 12.5. The van der Waals surface area contributed by atoms with Crippen LogP contribution >= 0.6 is 0 Å². The quantitative estimate of drug-likeness (QED) is 0.470. The van der Waals surface area contributed by atoms with Gasteiger partial charge in [0.05, 0.1) is 0 Å². The van der Waals surface area contributed by atoms with Crippen LogP contribution in [0.5, 0.6) is 0 Å². The predicted molar refractivity (Wildman–Crippen MR) is 22.7 cm³/mol. The molecule has 0 spiro atoms. The largest absolute Gasteiger partial charge is 2.00 e. The topological polar surface area (TPSA) is 52.0 Å². The summed E-state index contributed by atoms with van der Waals surface area (Å²) in [6, 6.07) is 0.162. The van der Waals surface area contributed by atoms with Crippen molar-refractivity contribution in [3.8, 4) is 0 Å². The SMILES string of the molecule is CC(N)CN.[Cu+2]. The standard InChI is InChI=1S/C3H10N2.Cu/c1-3(5)2-4;/h3H,2,4-5H2,1H3;/q;+2. The molecule has 41 valence electrons. The van der Waals surface area contributed by atoms with E-state index in [1.165, 1.54) is 0 Å². The van der Waals surface area contributed by atoms with Crippen molar-refractivity contribution >= 4 is 0 Å². The molecule has 0 saturated heterocycles. The molecule has 6 heavy (non-hydrogen) atoms. The summed E-state index contributed by atoms with van der Waals surface area (Å²) in [5, 5.41) is 0. The van der Waals surface area contributed by atoms with Gasteiger partial charge in [-0.2, -0.15) is 0 Å². The molecule has 1 radical (unpaired) electrons. The minimum atomic E-state index is 0. The van der Waals surface area contributed by atoms with E-state index in [0.717, 1.165) is 0 Å². The van der Waals surface area contributed by atoms with Crippen molar-refractivity contribution in [1.82, 2.24) is 0 Å². The molecule has 0 aromatic carbocycles. The molecule has 0 bridgehead atoms. The van der Waals surface area contributed by atoms with E-state index in [9.17, 15) is 0 Å². The van der Waals surface area contributed by atoms with Crippen LogP contribution in [0.15, 0.2) is 0 Å². The number of hydrogen-bond donors (Lipinski definition) is 2. The monoisotopic (exact) mass is 137 g/mol. The van der Waals surface area contributed by atoms with E-state index >= 15 is 0 Å². The van der Waals surface area contributed by atoms with Crippen LogP contribution < -0.4 is 11.5 Å². The first-order valence-corrected chi connectivity index (χ1v) is 1.73. The minimum absolute atomic E-state index is 0. The molecule has 0 aromatic rings. The first-order chi connectivity index (χ1) is 2.27. The summed E-state index contributed by atoms with van der Waals surface area (Å²) in [5.41, 5.74) is 10.2. The van der Waals surface area contributed by atoms with Crippen LogP contribution in [-0.4, -0.2) is 12.6 Å². The maximum atomic E-state index is 5.17. The van der Waals surface area contributed by atoms with Gasteiger partial charge in [0.25, 0.3) is 0 Å². The van der Waals surface area contributed by atoms with Crippen LogP contribution in [0.25, 0.3) is 0 Å². The number of rotatable bonds is 1. The zero-order chi connectivity index (χ0) is 4.28. The summed E-state index contributed by atoms with van der Waals surface area (Å²) in [6.45, 7) is 2.46. The van der Waals surface area contributed by atoms with Crippen molar-refractivity contribution in [3.05, 3.63) is 0 Å². The van der Waals surface area contributed by atoms with Crippen molar-refractivity contribution in [2.24, 2.45) is 11.5 Å². The zero-order valence-corrected chi connectivity index (χ0v) is 4.68. The Labute approximate surface area is 48.7 Å². The van der Waals surface area contributed by atoms with E-state index < -0.39 is 0 Å². The molecule has 0 heterocycles. The van der Waals surface area contributed by atoms with E-state index in [-0.39, 0.29) is 23.1 Å². The number of hydrogen-bond acceptors (Lipinski definition) is 2. The fourth-order valence-electron chi connectivity index (χ4n) is 0. The predicted octanol–water partition coefficient (Wildman–Crippen LogP) is -0.710. The van der Waals surface area contributed by atoms with Crippen LogP contribution in [0.3, 0.4) is 0 Å². The van der Waals surface area contributed by atoms with Crippen LogP contribution in [0.4, 0.5) is 0 Å². The van der Waals surface area contributed by atoms with Gasteiger partial charge in [-0.1, -0.05) is 0 Å². The molecule has 1 unspecified atom stereocenters. The molecule has 4 N–H and O–H groups in total. The van der Waals surface area contributed by atoms with E-state index in [0.29, 0.717) is 6.54 Å². The molecule has 1 atom stereocenters. The second-order valence-corrected chi connectivity index (χ2v) is 1.21. The summed E-state index contributed by atoms with van der Waals surface area (Å²) in [7, 11) is 0. The van der Waals surface area contributed by atoms with Gasteiger partial charge in [-0.15, -0.1) is 0 Å². The van der Waals surface area contributed by atoms with Crippen molar-refractivity contribution in [1.29, 1.82) is 0 Å². The van der Waals surface area contributed by atoms with Gasteiger partial charge in [0.15, 0.2) is 0 Å². The minimum Gasteiger partial charge on any atom is -0.329 e.